The van der Waals surface area contributed by atoms with Crippen molar-refractivity contribution >= 4 is 5.84 Å². The number of methoxy groups -OCH3 is 1. The lowest BCUT2D eigenvalue weighted by Crippen LogP contribution is -2.48. The fourth-order valence-electron chi connectivity index (χ4n) is 1.11. The van der Waals surface area contributed by atoms with E-state index in [1.54, 1.807) is 7.11 Å². The van der Waals surface area contributed by atoms with E-state index < -0.39 is 0 Å². The predicted octanol–water partition coefficient (Wildman–Crippen LogP) is 0.382. The van der Waals surface area contributed by atoms with Crippen LogP contribution in [0.4, 0.5) is 0 Å². The first-order valence-electron chi connectivity index (χ1n) is 4.75. The third kappa shape index (κ3) is 4.43. The van der Waals surface area contributed by atoms with Gasteiger partial charge in [-0.05, 0) is 12.8 Å². The molecule has 0 aliphatic carbocycles. The van der Waals surface area contributed by atoms with Crippen LogP contribution in [-0.2, 0) is 4.74 Å². The molecule has 84 valence electrons. The van der Waals surface area contributed by atoms with E-state index in [0.717, 1.165) is 0 Å². The Morgan fingerprint density at radius 2 is 2.07 bits per heavy atom. The zero-order valence-corrected chi connectivity index (χ0v) is 9.32. The number of nitrogens with one attached hydrogen (secondary N) is 1. The smallest absolute Gasteiger partial charge is 0.156 e. The molecule has 0 aromatic rings. The Balaban J connectivity index is 4.15. The SMILES string of the molecule is COCC(NC(C)C(N)=NO)C(C)C. The quantitative estimate of drug-likeness (QED) is 0.252. The standard InChI is InChI=1S/C9H21N3O2/c1-6(2)8(5-14-4)11-7(3)9(10)12-13/h6-8,11,13H,5H2,1-4H3,(H2,10,12). The van der Waals surface area contributed by atoms with Gasteiger partial charge in [-0.25, -0.2) is 0 Å². The van der Waals surface area contributed by atoms with Crippen LogP contribution in [0.5, 0.6) is 0 Å². The van der Waals surface area contributed by atoms with E-state index in [1.165, 1.54) is 0 Å². The largest absolute Gasteiger partial charge is 0.409 e. The summed E-state index contributed by atoms with van der Waals surface area (Å²) in [5, 5.41) is 14.7. The highest BCUT2D eigenvalue weighted by Gasteiger charge is 2.17. The number of amidine groups is 1. The Labute approximate surface area is 85.3 Å². The molecule has 0 bridgehead atoms. The molecule has 0 spiro atoms. The van der Waals surface area contributed by atoms with Gasteiger partial charge in [0, 0.05) is 13.2 Å². The van der Waals surface area contributed by atoms with Gasteiger partial charge in [0.15, 0.2) is 5.84 Å². The van der Waals surface area contributed by atoms with E-state index in [1.807, 2.05) is 6.92 Å². The highest BCUT2D eigenvalue weighted by molar-refractivity contribution is 5.84. The summed E-state index contributed by atoms with van der Waals surface area (Å²) in [5.74, 6) is 0.621. The second-order valence-corrected chi connectivity index (χ2v) is 3.72. The third-order valence-corrected chi connectivity index (χ3v) is 2.17. The molecule has 2 atom stereocenters. The van der Waals surface area contributed by atoms with Crippen molar-refractivity contribution in [1.29, 1.82) is 0 Å². The van der Waals surface area contributed by atoms with Crippen molar-refractivity contribution in [3.63, 3.8) is 0 Å². The number of rotatable bonds is 6. The van der Waals surface area contributed by atoms with Crippen LogP contribution < -0.4 is 11.1 Å². The monoisotopic (exact) mass is 203 g/mol. The van der Waals surface area contributed by atoms with Crippen molar-refractivity contribution in [2.24, 2.45) is 16.8 Å². The first-order valence-corrected chi connectivity index (χ1v) is 4.75. The van der Waals surface area contributed by atoms with E-state index in [2.05, 4.69) is 24.3 Å². The second-order valence-electron chi connectivity index (χ2n) is 3.72. The number of ether oxygens (including phenoxy) is 1. The van der Waals surface area contributed by atoms with E-state index in [9.17, 15) is 0 Å². The van der Waals surface area contributed by atoms with Gasteiger partial charge in [0.05, 0.1) is 12.6 Å². The molecule has 0 saturated heterocycles. The number of hydrogen-bond acceptors (Lipinski definition) is 4. The molecule has 0 aromatic heterocycles. The maximum absolute atomic E-state index is 8.48. The average molecular weight is 203 g/mol. The molecule has 5 nitrogen and oxygen atoms in total. The van der Waals surface area contributed by atoms with Crippen molar-refractivity contribution in [3.05, 3.63) is 0 Å². The molecule has 0 aliphatic heterocycles. The lowest BCUT2D eigenvalue weighted by Gasteiger charge is -2.25. The topological polar surface area (TPSA) is 79.9 Å². The zero-order valence-electron chi connectivity index (χ0n) is 9.32. The predicted molar refractivity (Wildman–Crippen MR) is 56.5 cm³/mol. The molecular formula is C9H21N3O2. The van der Waals surface area contributed by atoms with Crippen LogP contribution in [0.1, 0.15) is 20.8 Å². The maximum atomic E-state index is 8.48. The van der Waals surface area contributed by atoms with Gasteiger partial charge in [0.1, 0.15) is 0 Å². The summed E-state index contributed by atoms with van der Waals surface area (Å²) in [6.45, 7) is 6.65. The van der Waals surface area contributed by atoms with Gasteiger partial charge in [-0.15, -0.1) is 0 Å². The Kier molecular flexibility index (Phi) is 6.23. The molecule has 5 heteroatoms. The number of nitrogens with zero attached hydrogens (tertiary/aromatic N) is 1. The van der Waals surface area contributed by atoms with Crippen LogP contribution in [0.15, 0.2) is 5.16 Å². The van der Waals surface area contributed by atoms with Crippen LogP contribution in [0.2, 0.25) is 0 Å². The number of oxime groups is 1. The lowest BCUT2D eigenvalue weighted by atomic mass is 10.0. The summed E-state index contributed by atoms with van der Waals surface area (Å²) in [4.78, 5) is 0. The molecule has 0 aliphatic rings. The minimum absolute atomic E-state index is 0.150. The summed E-state index contributed by atoms with van der Waals surface area (Å²) in [6, 6.07) is 0.0536. The third-order valence-electron chi connectivity index (χ3n) is 2.17. The van der Waals surface area contributed by atoms with E-state index in [0.29, 0.717) is 12.5 Å². The Morgan fingerprint density at radius 3 is 2.43 bits per heavy atom. The Bertz CT molecular complexity index is 183. The van der Waals surface area contributed by atoms with Crippen molar-refractivity contribution < 1.29 is 9.94 Å². The van der Waals surface area contributed by atoms with Crippen molar-refractivity contribution in [3.8, 4) is 0 Å². The minimum Gasteiger partial charge on any atom is -0.409 e. The van der Waals surface area contributed by atoms with Crippen LogP contribution in [0, 0.1) is 5.92 Å². The molecule has 0 fully saturated rings. The Hall–Kier alpha value is -0.810. The van der Waals surface area contributed by atoms with E-state index in [-0.39, 0.29) is 17.9 Å². The molecule has 14 heavy (non-hydrogen) atoms. The molecule has 0 radical (unpaired) electrons. The van der Waals surface area contributed by atoms with Crippen LogP contribution >= 0.6 is 0 Å². The summed E-state index contributed by atoms with van der Waals surface area (Å²) in [6.07, 6.45) is 0. The molecule has 0 saturated carbocycles. The summed E-state index contributed by atoms with van der Waals surface area (Å²) in [7, 11) is 1.66. The van der Waals surface area contributed by atoms with Crippen LogP contribution in [0.3, 0.4) is 0 Å². The van der Waals surface area contributed by atoms with Crippen molar-refractivity contribution in [2.75, 3.05) is 13.7 Å². The number of nitrogens with two attached hydrogens (primary N) is 1. The second kappa shape index (κ2) is 6.62. The summed E-state index contributed by atoms with van der Waals surface area (Å²) in [5.41, 5.74) is 5.46. The van der Waals surface area contributed by atoms with Crippen molar-refractivity contribution in [2.45, 2.75) is 32.9 Å². The minimum atomic E-state index is -0.150. The molecule has 0 rings (SSSR count). The fraction of sp³-hybridized carbons (Fsp3) is 0.889. The average Bonchev–Trinajstić information content (AvgIpc) is 2.15. The van der Waals surface area contributed by atoms with Gasteiger partial charge < -0.3 is 21.0 Å². The number of hydrogen-bond donors (Lipinski definition) is 3. The lowest BCUT2D eigenvalue weighted by molar-refractivity contribution is 0.145. The molecule has 0 amide bonds. The van der Waals surface area contributed by atoms with Gasteiger partial charge in [-0.2, -0.15) is 0 Å². The highest BCUT2D eigenvalue weighted by atomic mass is 16.5. The first kappa shape index (κ1) is 13.2. The first-order chi connectivity index (χ1) is 6.52. The van der Waals surface area contributed by atoms with Crippen molar-refractivity contribution in [1.82, 2.24) is 5.32 Å². The fourth-order valence-corrected chi connectivity index (χ4v) is 1.11. The van der Waals surface area contributed by atoms with Gasteiger partial charge in [-0.1, -0.05) is 19.0 Å². The van der Waals surface area contributed by atoms with Gasteiger partial charge >= 0.3 is 0 Å². The molecule has 0 heterocycles. The zero-order chi connectivity index (χ0) is 11.1. The van der Waals surface area contributed by atoms with Gasteiger partial charge in [-0.3, -0.25) is 0 Å². The normalized spacial score (nSPS) is 17.1. The molecule has 0 aromatic carbocycles. The van der Waals surface area contributed by atoms with Gasteiger partial charge in [0.25, 0.3) is 0 Å². The van der Waals surface area contributed by atoms with E-state index >= 15 is 0 Å². The van der Waals surface area contributed by atoms with Crippen LogP contribution in [-0.4, -0.2) is 36.8 Å². The van der Waals surface area contributed by atoms with E-state index in [4.69, 9.17) is 15.7 Å². The molecule has 4 N–H and O–H groups in total. The molecule has 2 unspecified atom stereocenters. The summed E-state index contributed by atoms with van der Waals surface area (Å²) >= 11 is 0. The molecular weight excluding hydrogens is 182 g/mol. The maximum Gasteiger partial charge on any atom is 0.156 e. The highest BCUT2D eigenvalue weighted by Crippen LogP contribution is 2.03. The van der Waals surface area contributed by atoms with Crippen LogP contribution in [0.25, 0.3) is 0 Å². The van der Waals surface area contributed by atoms with Gasteiger partial charge in [0.2, 0.25) is 0 Å². The Morgan fingerprint density at radius 1 is 1.50 bits per heavy atom. The summed E-state index contributed by atoms with van der Waals surface area (Å²) < 4.78 is 5.07.